The van der Waals surface area contributed by atoms with Gasteiger partial charge in [-0.3, -0.25) is 5.01 Å². The predicted molar refractivity (Wildman–Crippen MR) is 87.5 cm³/mol. The zero-order valence-corrected chi connectivity index (χ0v) is 12.8. The molecule has 0 amide bonds. The van der Waals surface area contributed by atoms with Crippen molar-refractivity contribution in [2.75, 3.05) is 24.1 Å². The fourth-order valence-corrected chi connectivity index (χ4v) is 2.16. The molecular formula is C16H20N3S+. The average Bonchev–Trinajstić information content (AvgIpc) is 2.52. The fourth-order valence-electron chi connectivity index (χ4n) is 1.76. The van der Waals surface area contributed by atoms with Crippen molar-refractivity contribution in [1.82, 2.24) is 0 Å². The Kier molecular flexibility index (Phi) is 5.62. The Labute approximate surface area is 124 Å². The van der Waals surface area contributed by atoms with Crippen molar-refractivity contribution >= 4 is 23.7 Å². The molecule has 0 atom stereocenters. The lowest BCUT2D eigenvalue weighted by Crippen LogP contribution is -2.33. The Balaban J connectivity index is 1.97. The van der Waals surface area contributed by atoms with Crippen molar-refractivity contribution < 1.29 is 4.57 Å². The van der Waals surface area contributed by atoms with Gasteiger partial charge < -0.3 is 0 Å². The Morgan fingerprint density at radius 1 is 1.15 bits per heavy atom. The van der Waals surface area contributed by atoms with Gasteiger partial charge in [-0.25, -0.2) is 4.57 Å². The molecule has 2 rings (SSSR count). The SMILES string of the molecule is CSCC[n+]1ccc(/C=N/N(C)c2ccccc2)cc1. The normalized spacial score (nSPS) is 10.9. The molecule has 104 valence electrons. The van der Waals surface area contributed by atoms with Crippen LogP contribution in [0.15, 0.2) is 60.0 Å². The summed E-state index contributed by atoms with van der Waals surface area (Å²) in [5.74, 6) is 1.13. The van der Waals surface area contributed by atoms with E-state index >= 15 is 0 Å². The standard InChI is InChI=1S/C16H20N3S/c1-18(16-6-4-3-5-7-16)17-14-15-8-10-19(11-9-15)12-13-20-2/h3-11,14H,12-13H2,1-2H3/q+1. The number of nitrogens with zero attached hydrogens (tertiary/aromatic N) is 3. The summed E-state index contributed by atoms with van der Waals surface area (Å²) < 4.78 is 2.19. The molecule has 1 heterocycles. The number of hydrazone groups is 1. The van der Waals surface area contributed by atoms with E-state index in [1.807, 2.05) is 60.4 Å². The fraction of sp³-hybridized carbons (Fsp3) is 0.250. The summed E-state index contributed by atoms with van der Waals surface area (Å²) in [7, 11) is 1.95. The van der Waals surface area contributed by atoms with Gasteiger partial charge in [-0.2, -0.15) is 16.9 Å². The number of anilines is 1. The smallest absolute Gasteiger partial charge is 0.169 e. The molecular weight excluding hydrogens is 266 g/mol. The second kappa shape index (κ2) is 7.70. The van der Waals surface area contributed by atoms with E-state index in [0.717, 1.165) is 23.5 Å². The number of thioether (sulfide) groups is 1. The van der Waals surface area contributed by atoms with Gasteiger partial charge in [0.25, 0.3) is 0 Å². The average molecular weight is 286 g/mol. The first-order chi connectivity index (χ1) is 9.79. The van der Waals surface area contributed by atoms with E-state index in [4.69, 9.17) is 0 Å². The van der Waals surface area contributed by atoms with Gasteiger partial charge in [0, 0.05) is 24.7 Å². The summed E-state index contributed by atoms with van der Waals surface area (Å²) >= 11 is 1.86. The number of hydrogen-bond donors (Lipinski definition) is 0. The molecule has 0 aliphatic heterocycles. The molecule has 0 spiro atoms. The Bertz CT molecular complexity index is 537. The first-order valence-electron chi connectivity index (χ1n) is 6.60. The molecule has 1 aromatic carbocycles. The van der Waals surface area contributed by atoms with Gasteiger partial charge in [0.15, 0.2) is 18.9 Å². The van der Waals surface area contributed by atoms with Crippen molar-refractivity contribution in [2.24, 2.45) is 5.10 Å². The molecule has 1 aromatic heterocycles. The maximum Gasteiger partial charge on any atom is 0.169 e. The second-order valence-electron chi connectivity index (χ2n) is 4.47. The summed E-state index contributed by atoms with van der Waals surface area (Å²) in [6.45, 7) is 1.04. The second-order valence-corrected chi connectivity index (χ2v) is 5.45. The summed E-state index contributed by atoms with van der Waals surface area (Å²) in [6.07, 6.45) is 8.20. The highest BCUT2D eigenvalue weighted by Gasteiger charge is 1.99. The molecule has 0 aliphatic carbocycles. The van der Waals surface area contributed by atoms with E-state index in [0.29, 0.717) is 0 Å². The van der Waals surface area contributed by atoms with Gasteiger partial charge >= 0.3 is 0 Å². The number of aryl methyl sites for hydroxylation is 1. The number of hydrogen-bond acceptors (Lipinski definition) is 3. The van der Waals surface area contributed by atoms with Gasteiger partial charge in [-0.15, -0.1) is 0 Å². The predicted octanol–water partition coefficient (Wildman–Crippen LogP) is 2.81. The van der Waals surface area contributed by atoms with E-state index < -0.39 is 0 Å². The van der Waals surface area contributed by atoms with Crippen LogP contribution in [0.4, 0.5) is 5.69 Å². The summed E-state index contributed by atoms with van der Waals surface area (Å²) in [5, 5.41) is 6.32. The molecule has 4 heteroatoms. The number of benzene rings is 1. The molecule has 0 aliphatic rings. The van der Waals surface area contributed by atoms with Gasteiger partial charge in [-0.1, -0.05) is 18.2 Å². The Morgan fingerprint density at radius 2 is 1.85 bits per heavy atom. The number of aromatic nitrogens is 1. The Hall–Kier alpha value is -1.81. The van der Waals surface area contributed by atoms with Crippen LogP contribution in [0.3, 0.4) is 0 Å². The molecule has 20 heavy (non-hydrogen) atoms. The van der Waals surface area contributed by atoms with Crippen LogP contribution in [0, 0.1) is 0 Å². The molecule has 0 radical (unpaired) electrons. The van der Waals surface area contributed by atoms with Crippen molar-refractivity contribution in [2.45, 2.75) is 6.54 Å². The summed E-state index contributed by atoms with van der Waals surface area (Å²) in [4.78, 5) is 0. The third-order valence-corrected chi connectivity index (χ3v) is 3.57. The van der Waals surface area contributed by atoms with E-state index in [-0.39, 0.29) is 0 Å². The van der Waals surface area contributed by atoms with Crippen molar-refractivity contribution in [1.29, 1.82) is 0 Å². The minimum Gasteiger partial charge on any atom is -0.269 e. The zero-order chi connectivity index (χ0) is 14.2. The van der Waals surface area contributed by atoms with Crippen LogP contribution in [-0.4, -0.2) is 25.3 Å². The van der Waals surface area contributed by atoms with Crippen molar-refractivity contribution in [3.8, 4) is 0 Å². The first-order valence-corrected chi connectivity index (χ1v) is 8.00. The molecule has 0 unspecified atom stereocenters. The van der Waals surface area contributed by atoms with Crippen LogP contribution in [0.5, 0.6) is 0 Å². The molecule has 0 N–H and O–H groups in total. The minimum absolute atomic E-state index is 1.04. The van der Waals surface area contributed by atoms with E-state index in [1.165, 1.54) is 0 Å². The zero-order valence-electron chi connectivity index (χ0n) is 11.9. The lowest BCUT2D eigenvalue weighted by atomic mass is 10.3. The van der Waals surface area contributed by atoms with Crippen LogP contribution in [-0.2, 0) is 6.54 Å². The highest BCUT2D eigenvalue weighted by molar-refractivity contribution is 7.98. The summed E-state index contributed by atoms with van der Waals surface area (Å²) in [5.41, 5.74) is 2.18. The van der Waals surface area contributed by atoms with Crippen LogP contribution in [0.1, 0.15) is 5.56 Å². The third-order valence-electron chi connectivity index (χ3n) is 2.98. The van der Waals surface area contributed by atoms with Crippen LogP contribution < -0.4 is 9.58 Å². The van der Waals surface area contributed by atoms with E-state index in [2.05, 4.69) is 40.5 Å². The van der Waals surface area contributed by atoms with Gasteiger partial charge in [0.1, 0.15) is 0 Å². The largest absolute Gasteiger partial charge is 0.269 e. The lowest BCUT2D eigenvalue weighted by molar-refractivity contribution is -0.692. The van der Waals surface area contributed by atoms with Gasteiger partial charge in [-0.05, 0) is 18.4 Å². The maximum atomic E-state index is 4.45. The van der Waals surface area contributed by atoms with Crippen molar-refractivity contribution in [3.63, 3.8) is 0 Å². The quantitative estimate of drug-likeness (QED) is 0.462. The highest BCUT2D eigenvalue weighted by atomic mass is 32.2. The molecule has 0 saturated heterocycles. The minimum atomic E-state index is 1.04. The third kappa shape index (κ3) is 4.38. The molecule has 2 aromatic rings. The highest BCUT2D eigenvalue weighted by Crippen LogP contribution is 2.10. The van der Waals surface area contributed by atoms with Crippen LogP contribution >= 0.6 is 11.8 Å². The van der Waals surface area contributed by atoms with Gasteiger partial charge in [0.05, 0.1) is 17.7 Å². The molecule has 0 bridgehead atoms. The van der Waals surface area contributed by atoms with Crippen LogP contribution in [0.2, 0.25) is 0 Å². The van der Waals surface area contributed by atoms with E-state index in [1.54, 1.807) is 0 Å². The van der Waals surface area contributed by atoms with Crippen LogP contribution in [0.25, 0.3) is 0 Å². The number of para-hydroxylation sites is 1. The molecule has 3 nitrogen and oxygen atoms in total. The lowest BCUT2D eigenvalue weighted by Gasteiger charge is -2.11. The number of pyridine rings is 1. The van der Waals surface area contributed by atoms with E-state index in [9.17, 15) is 0 Å². The maximum absolute atomic E-state index is 4.45. The number of rotatable bonds is 6. The first kappa shape index (κ1) is 14.6. The molecule has 0 saturated carbocycles. The van der Waals surface area contributed by atoms with Crippen molar-refractivity contribution in [3.05, 3.63) is 60.4 Å². The monoisotopic (exact) mass is 286 g/mol. The molecule has 0 fully saturated rings. The van der Waals surface area contributed by atoms with Gasteiger partial charge in [0.2, 0.25) is 0 Å². The Morgan fingerprint density at radius 3 is 2.50 bits per heavy atom. The topological polar surface area (TPSA) is 19.5 Å². The summed E-state index contributed by atoms with van der Waals surface area (Å²) in [6, 6.07) is 14.3.